The van der Waals surface area contributed by atoms with Gasteiger partial charge in [-0.15, -0.1) is 0 Å². The van der Waals surface area contributed by atoms with E-state index in [-0.39, 0.29) is 23.4 Å². The number of hydrogen-bond donors (Lipinski definition) is 1. The number of carbonyl (C=O) groups is 1. The fourth-order valence-corrected chi connectivity index (χ4v) is 1.28. The molecule has 82 valence electrons. The summed E-state index contributed by atoms with van der Waals surface area (Å²) in [6.07, 6.45) is -1.20. The van der Waals surface area contributed by atoms with E-state index in [1.807, 2.05) is 0 Å². The second kappa shape index (κ2) is 4.79. The maximum atomic E-state index is 12.5. The highest BCUT2D eigenvalue weighted by Crippen LogP contribution is 2.29. The molecule has 0 amide bonds. The molecule has 15 heavy (non-hydrogen) atoms. The number of nitrogens with zero attached hydrogens (tertiary/aromatic N) is 1. The average Bonchev–Trinajstić information content (AvgIpc) is 2.26. The van der Waals surface area contributed by atoms with Crippen molar-refractivity contribution in [2.75, 3.05) is 7.11 Å². The average molecular weight is 216 g/mol. The first-order valence-electron chi connectivity index (χ1n) is 4.14. The zero-order valence-corrected chi connectivity index (χ0v) is 8.04. The molecule has 0 radical (unpaired) electrons. The van der Waals surface area contributed by atoms with Gasteiger partial charge in [-0.3, -0.25) is 9.78 Å². The second-order valence-corrected chi connectivity index (χ2v) is 2.73. The predicted octanol–water partition coefficient (Wildman–Crippen LogP) is 1.30. The van der Waals surface area contributed by atoms with Gasteiger partial charge in [0.1, 0.15) is 11.4 Å². The van der Waals surface area contributed by atoms with Crippen LogP contribution in [0.1, 0.15) is 28.0 Å². The Morgan fingerprint density at radius 1 is 1.67 bits per heavy atom. The summed E-state index contributed by atoms with van der Waals surface area (Å²) < 4.78 is 29.9. The second-order valence-electron chi connectivity index (χ2n) is 2.73. The molecule has 0 aliphatic heterocycles. The van der Waals surface area contributed by atoms with Crippen molar-refractivity contribution in [1.82, 2.24) is 4.98 Å². The molecule has 0 aromatic carbocycles. The fraction of sp³-hybridized carbons (Fsp3) is 0.333. The van der Waals surface area contributed by atoms with E-state index >= 15 is 0 Å². The lowest BCUT2D eigenvalue weighted by Crippen LogP contribution is -2.09. The minimum Gasteiger partial charge on any atom is -0.496 e. The van der Waals surface area contributed by atoms with Crippen LogP contribution < -0.4 is 10.5 Å². The summed E-state index contributed by atoms with van der Waals surface area (Å²) >= 11 is 0. The lowest BCUT2D eigenvalue weighted by molar-refractivity contribution is 0.111. The topological polar surface area (TPSA) is 65.2 Å². The Labute approximate surface area is 85.1 Å². The Balaban J connectivity index is 3.40. The standard InChI is InChI=1S/C9H10F2N2O2/c1-15-8-5(4-14)3-13-7(9(10)11)6(8)2-12/h3-4,9H,2,12H2,1H3. The Morgan fingerprint density at radius 2 is 2.33 bits per heavy atom. The van der Waals surface area contributed by atoms with Crippen LogP contribution in [0.15, 0.2) is 6.20 Å². The molecule has 1 aromatic rings. The van der Waals surface area contributed by atoms with E-state index in [1.54, 1.807) is 0 Å². The van der Waals surface area contributed by atoms with Crippen molar-refractivity contribution < 1.29 is 18.3 Å². The third kappa shape index (κ3) is 2.10. The molecule has 0 aliphatic rings. The number of alkyl halides is 2. The number of carbonyl (C=O) groups excluding carboxylic acids is 1. The molecule has 2 N–H and O–H groups in total. The van der Waals surface area contributed by atoms with Crippen LogP contribution in [0.4, 0.5) is 8.78 Å². The van der Waals surface area contributed by atoms with Gasteiger partial charge < -0.3 is 10.5 Å². The van der Waals surface area contributed by atoms with Crippen molar-refractivity contribution in [2.24, 2.45) is 5.73 Å². The number of halogens is 2. The fourth-order valence-electron chi connectivity index (χ4n) is 1.28. The van der Waals surface area contributed by atoms with Gasteiger partial charge >= 0.3 is 0 Å². The Hall–Kier alpha value is -1.56. The van der Waals surface area contributed by atoms with E-state index < -0.39 is 12.1 Å². The minimum absolute atomic E-state index is 0.0668. The van der Waals surface area contributed by atoms with Gasteiger partial charge in [-0.2, -0.15) is 0 Å². The molecule has 0 aliphatic carbocycles. The number of pyridine rings is 1. The van der Waals surface area contributed by atoms with Gasteiger partial charge in [0, 0.05) is 18.3 Å². The van der Waals surface area contributed by atoms with Gasteiger partial charge in [0.2, 0.25) is 0 Å². The zero-order chi connectivity index (χ0) is 11.4. The first kappa shape index (κ1) is 11.5. The predicted molar refractivity (Wildman–Crippen MR) is 49.0 cm³/mol. The number of aromatic nitrogens is 1. The van der Waals surface area contributed by atoms with Crippen molar-refractivity contribution in [2.45, 2.75) is 13.0 Å². The van der Waals surface area contributed by atoms with Crippen LogP contribution in [0, 0.1) is 0 Å². The first-order valence-corrected chi connectivity index (χ1v) is 4.14. The van der Waals surface area contributed by atoms with Crippen molar-refractivity contribution in [1.29, 1.82) is 0 Å². The molecule has 1 aromatic heterocycles. The third-order valence-electron chi connectivity index (χ3n) is 1.93. The molecule has 0 saturated heterocycles. The highest BCUT2D eigenvalue weighted by molar-refractivity contribution is 5.79. The quantitative estimate of drug-likeness (QED) is 0.770. The zero-order valence-electron chi connectivity index (χ0n) is 8.04. The molecule has 0 atom stereocenters. The Morgan fingerprint density at radius 3 is 2.73 bits per heavy atom. The summed E-state index contributed by atoms with van der Waals surface area (Å²) in [4.78, 5) is 14.1. The van der Waals surface area contributed by atoms with Crippen LogP contribution in [-0.4, -0.2) is 18.4 Å². The third-order valence-corrected chi connectivity index (χ3v) is 1.93. The van der Waals surface area contributed by atoms with E-state index in [4.69, 9.17) is 10.5 Å². The lowest BCUT2D eigenvalue weighted by Gasteiger charge is -2.12. The molecule has 4 nitrogen and oxygen atoms in total. The number of hydrogen-bond acceptors (Lipinski definition) is 4. The molecule has 0 saturated carbocycles. The van der Waals surface area contributed by atoms with Gasteiger partial charge in [0.25, 0.3) is 6.43 Å². The number of ether oxygens (including phenoxy) is 1. The summed E-state index contributed by atoms with van der Waals surface area (Å²) in [5.41, 5.74) is 5.05. The van der Waals surface area contributed by atoms with E-state index in [2.05, 4.69) is 4.98 Å². The maximum absolute atomic E-state index is 12.5. The number of nitrogens with two attached hydrogens (primary N) is 1. The van der Waals surface area contributed by atoms with Crippen molar-refractivity contribution >= 4 is 6.29 Å². The van der Waals surface area contributed by atoms with Crippen molar-refractivity contribution in [3.05, 3.63) is 23.0 Å². The van der Waals surface area contributed by atoms with Gasteiger partial charge in [0.05, 0.1) is 12.7 Å². The van der Waals surface area contributed by atoms with Gasteiger partial charge in [-0.05, 0) is 0 Å². The summed E-state index contributed by atoms with van der Waals surface area (Å²) in [5, 5.41) is 0. The molecular formula is C9H10F2N2O2. The van der Waals surface area contributed by atoms with Crippen LogP contribution in [0.5, 0.6) is 5.75 Å². The van der Waals surface area contributed by atoms with Gasteiger partial charge in [-0.25, -0.2) is 8.78 Å². The van der Waals surface area contributed by atoms with Crippen molar-refractivity contribution in [3.8, 4) is 5.75 Å². The molecule has 1 heterocycles. The molecule has 6 heteroatoms. The molecule has 0 spiro atoms. The van der Waals surface area contributed by atoms with Crippen LogP contribution in [0.3, 0.4) is 0 Å². The van der Waals surface area contributed by atoms with E-state index in [0.29, 0.717) is 6.29 Å². The summed E-state index contributed by atoms with van der Waals surface area (Å²) in [7, 11) is 1.29. The van der Waals surface area contributed by atoms with Crippen LogP contribution in [0.25, 0.3) is 0 Å². The summed E-state index contributed by atoms with van der Waals surface area (Å²) in [6, 6.07) is 0. The summed E-state index contributed by atoms with van der Waals surface area (Å²) in [5.74, 6) is 0.0674. The van der Waals surface area contributed by atoms with E-state index in [9.17, 15) is 13.6 Å². The first-order chi connectivity index (χ1) is 7.15. The maximum Gasteiger partial charge on any atom is 0.280 e. The molecule has 1 rings (SSSR count). The molecular weight excluding hydrogens is 206 g/mol. The Kier molecular flexibility index (Phi) is 3.68. The number of methoxy groups -OCH3 is 1. The molecule has 0 bridgehead atoms. The van der Waals surface area contributed by atoms with E-state index in [1.165, 1.54) is 7.11 Å². The normalized spacial score (nSPS) is 10.5. The monoisotopic (exact) mass is 216 g/mol. The largest absolute Gasteiger partial charge is 0.496 e. The minimum atomic E-state index is -2.74. The van der Waals surface area contributed by atoms with Crippen LogP contribution in [0.2, 0.25) is 0 Å². The molecule has 0 fully saturated rings. The van der Waals surface area contributed by atoms with Crippen LogP contribution >= 0.6 is 0 Å². The van der Waals surface area contributed by atoms with Crippen molar-refractivity contribution in [3.63, 3.8) is 0 Å². The van der Waals surface area contributed by atoms with Crippen LogP contribution in [-0.2, 0) is 6.54 Å². The SMILES string of the molecule is COc1c(C=O)cnc(C(F)F)c1CN. The summed E-state index contributed by atoms with van der Waals surface area (Å²) in [6.45, 7) is -0.155. The van der Waals surface area contributed by atoms with E-state index in [0.717, 1.165) is 6.20 Å². The number of aldehydes is 1. The van der Waals surface area contributed by atoms with Gasteiger partial charge in [-0.1, -0.05) is 0 Å². The highest BCUT2D eigenvalue weighted by Gasteiger charge is 2.20. The lowest BCUT2D eigenvalue weighted by atomic mass is 10.1. The van der Waals surface area contributed by atoms with Gasteiger partial charge in [0.15, 0.2) is 6.29 Å². The smallest absolute Gasteiger partial charge is 0.280 e. The molecule has 0 unspecified atom stereocenters. The highest BCUT2D eigenvalue weighted by atomic mass is 19.3. The number of rotatable bonds is 4. The Bertz CT molecular complexity index is 369.